The van der Waals surface area contributed by atoms with E-state index in [-0.39, 0.29) is 6.04 Å². The number of hydrogen-bond donors (Lipinski definition) is 1. The normalized spacial score (nSPS) is 12.7. The number of aromatic nitrogens is 1. The summed E-state index contributed by atoms with van der Waals surface area (Å²) in [6.45, 7) is 5.83. The highest BCUT2D eigenvalue weighted by atomic mass is 16.5. The third-order valence-corrected chi connectivity index (χ3v) is 2.42. The lowest BCUT2D eigenvalue weighted by atomic mass is 10.1. The van der Waals surface area contributed by atoms with Gasteiger partial charge in [-0.25, -0.2) is 0 Å². The maximum absolute atomic E-state index is 5.21. The van der Waals surface area contributed by atoms with E-state index in [1.54, 1.807) is 7.11 Å². The van der Waals surface area contributed by atoms with Crippen LogP contribution in [0.25, 0.3) is 0 Å². The Morgan fingerprint density at radius 2 is 2.27 bits per heavy atom. The van der Waals surface area contributed by atoms with Crippen LogP contribution in [-0.4, -0.2) is 25.2 Å². The molecule has 0 aliphatic carbocycles. The van der Waals surface area contributed by atoms with Crippen molar-refractivity contribution in [3.8, 4) is 0 Å². The summed E-state index contributed by atoms with van der Waals surface area (Å²) in [5.74, 6) is 0. The Bertz CT molecular complexity index is 283. The van der Waals surface area contributed by atoms with Crippen molar-refractivity contribution in [3.63, 3.8) is 0 Å². The number of methoxy groups -OCH3 is 1. The molecule has 1 rings (SSSR count). The first-order valence-electron chi connectivity index (χ1n) is 5.49. The van der Waals surface area contributed by atoms with Crippen LogP contribution in [0.3, 0.4) is 0 Å². The molecule has 0 saturated heterocycles. The fourth-order valence-corrected chi connectivity index (χ4v) is 1.71. The van der Waals surface area contributed by atoms with Gasteiger partial charge in [0.15, 0.2) is 0 Å². The van der Waals surface area contributed by atoms with Crippen molar-refractivity contribution in [3.05, 3.63) is 29.6 Å². The maximum atomic E-state index is 5.21. The molecule has 0 aliphatic rings. The van der Waals surface area contributed by atoms with Crippen LogP contribution in [0.2, 0.25) is 0 Å². The predicted molar refractivity (Wildman–Crippen MR) is 61.9 cm³/mol. The summed E-state index contributed by atoms with van der Waals surface area (Å²) in [5.41, 5.74) is 2.41. The van der Waals surface area contributed by atoms with Gasteiger partial charge in [-0.2, -0.15) is 0 Å². The molecule has 1 atom stereocenters. The monoisotopic (exact) mass is 208 g/mol. The van der Waals surface area contributed by atoms with Gasteiger partial charge in [0.05, 0.1) is 18.3 Å². The summed E-state index contributed by atoms with van der Waals surface area (Å²) < 4.78 is 5.21. The fraction of sp³-hybridized carbons (Fsp3) is 0.583. The highest BCUT2D eigenvalue weighted by Crippen LogP contribution is 2.16. The zero-order valence-electron chi connectivity index (χ0n) is 9.79. The Morgan fingerprint density at radius 1 is 1.47 bits per heavy atom. The number of ether oxygens (including phenoxy) is 1. The zero-order chi connectivity index (χ0) is 11.1. The topological polar surface area (TPSA) is 34.1 Å². The molecule has 3 nitrogen and oxygen atoms in total. The molecular weight excluding hydrogens is 188 g/mol. The third kappa shape index (κ3) is 3.29. The van der Waals surface area contributed by atoms with Crippen LogP contribution < -0.4 is 5.32 Å². The Balaban J connectivity index is 2.88. The molecule has 0 amide bonds. The molecule has 0 saturated carbocycles. The Labute approximate surface area is 91.9 Å². The van der Waals surface area contributed by atoms with E-state index in [2.05, 4.69) is 30.2 Å². The van der Waals surface area contributed by atoms with E-state index in [1.165, 1.54) is 5.56 Å². The number of nitrogens with one attached hydrogen (secondary N) is 1. The molecule has 0 aliphatic heterocycles. The van der Waals surface area contributed by atoms with Crippen molar-refractivity contribution < 1.29 is 4.74 Å². The summed E-state index contributed by atoms with van der Waals surface area (Å²) in [6.07, 6.45) is 2.85. The standard InChI is InChI=1S/C12H20N2O/c1-4-10-7-6-8-14-12(10)11(9-15-3)13-5-2/h6-8,11,13H,4-5,9H2,1-3H3. The van der Waals surface area contributed by atoms with Crippen molar-refractivity contribution in [2.24, 2.45) is 0 Å². The Hall–Kier alpha value is -0.930. The first kappa shape index (κ1) is 12.1. The van der Waals surface area contributed by atoms with Crippen molar-refractivity contribution >= 4 is 0 Å². The second kappa shape index (κ2) is 6.53. The SMILES string of the molecule is CCNC(COC)c1ncccc1CC. The van der Waals surface area contributed by atoms with E-state index in [0.29, 0.717) is 6.61 Å². The third-order valence-electron chi connectivity index (χ3n) is 2.42. The summed E-state index contributed by atoms with van der Waals surface area (Å²) >= 11 is 0. The molecule has 1 unspecified atom stereocenters. The lowest BCUT2D eigenvalue weighted by Crippen LogP contribution is -2.26. The van der Waals surface area contributed by atoms with Gasteiger partial charge in [0, 0.05) is 13.3 Å². The van der Waals surface area contributed by atoms with Gasteiger partial charge in [0.25, 0.3) is 0 Å². The molecule has 0 bridgehead atoms. The molecule has 0 fully saturated rings. The van der Waals surface area contributed by atoms with E-state index in [9.17, 15) is 0 Å². The molecule has 1 N–H and O–H groups in total. The summed E-state index contributed by atoms with van der Waals surface area (Å²) in [4.78, 5) is 4.44. The van der Waals surface area contributed by atoms with Gasteiger partial charge < -0.3 is 10.1 Å². The van der Waals surface area contributed by atoms with Crippen LogP contribution in [0.1, 0.15) is 31.1 Å². The van der Waals surface area contributed by atoms with Gasteiger partial charge in [-0.3, -0.25) is 4.98 Å². The molecule has 1 aromatic heterocycles. The molecule has 1 heterocycles. The molecule has 0 aromatic carbocycles. The molecule has 84 valence electrons. The predicted octanol–water partition coefficient (Wildman–Crippen LogP) is 1.94. The van der Waals surface area contributed by atoms with Gasteiger partial charge in [-0.1, -0.05) is 19.9 Å². The molecule has 1 aromatic rings. The number of aryl methyl sites for hydroxylation is 1. The molecular formula is C12H20N2O. The van der Waals surface area contributed by atoms with E-state index < -0.39 is 0 Å². The van der Waals surface area contributed by atoms with Gasteiger partial charge in [0.2, 0.25) is 0 Å². The summed E-state index contributed by atoms with van der Waals surface area (Å²) in [5, 5.41) is 3.39. The lowest BCUT2D eigenvalue weighted by Gasteiger charge is -2.18. The van der Waals surface area contributed by atoms with Crippen LogP contribution in [0.4, 0.5) is 0 Å². The summed E-state index contributed by atoms with van der Waals surface area (Å²) in [6, 6.07) is 4.32. The number of hydrogen-bond acceptors (Lipinski definition) is 3. The van der Waals surface area contributed by atoms with Gasteiger partial charge >= 0.3 is 0 Å². The number of pyridine rings is 1. The largest absolute Gasteiger partial charge is 0.383 e. The minimum Gasteiger partial charge on any atom is -0.383 e. The number of likely N-dealkylation sites (N-methyl/N-ethyl adjacent to an activating group) is 1. The van der Waals surface area contributed by atoms with Crippen molar-refractivity contribution in [1.82, 2.24) is 10.3 Å². The van der Waals surface area contributed by atoms with E-state index in [0.717, 1.165) is 18.7 Å². The van der Waals surface area contributed by atoms with Crippen molar-refractivity contribution in [2.45, 2.75) is 26.3 Å². The second-order valence-electron chi connectivity index (χ2n) is 3.47. The highest BCUT2D eigenvalue weighted by Gasteiger charge is 2.14. The van der Waals surface area contributed by atoms with Crippen LogP contribution in [0.5, 0.6) is 0 Å². The molecule has 0 radical (unpaired) electrons. The van der Waals surface area contributed by atoms with Crippen LogP contribution in [0, 0.1) is 0 Å². The Kier molecular flexibility index (Phi) is 5.29. The second-order valence-corrected chi connectivity index (χ2v) is 3.47. The van der Waals surface area contributed by atoms with E-state index >= 15 is 0 Å². The molecule has 3 heteroatoms. The highest BCUT2D eigenvalue weighted by molar-refractivity contribution is 5.22. The number of nitrogens with zero attached hydrogens (tertiary/aromatic N) is 1. The fourth-order valence-electron chi connectivity index (χ4n) is 1.71. The van der Waals surface area contributed by atoms with E-state index in [4.69, 9.17) is 4.74 Å². The minimum absolute atomic E-state index is 0.205. The zero-order valence-corrected chi connectivity index (χ0v) is 9.79. The van der Waals surface area contributed by atoms with Gasteiger partial charge in [-0.15, -0.1) is 0 Å². The van der Waals surface area contributed by atoms with E-state index in [1.807, 2.05) is 12.3 Å². The maximum Gasteiger partial charge on any atom is 0.0735 e. The number of rotatable bonds is 6. The average molecular weight is 208 g/mol. The van der Waals surface area contributed by atoms with Crippen LogP contribution in [-0.2, 0) is 11.2 Å². The Morgan fingerprint density at radius 3 is 2.87 bits per heavy atom. The molecule has 0 spiro atoms. The van der Waals surface area contributed by atoms with Gasteiger partial charge in [-0.05, 0) is 24.6 Å². The minimum atomic E-state index is 0.205. The first-order valence-corrected chi connectivity index (χ1v) is 5.49. The van der Waals surface area contributed by atoms with Crippen LogP contribution >= 0.6 is 0 Å². The first-order chi connectivity index (χ1) is 7.33. The van der Waals surface area contributed by atoms with Crippen molar-refractivity contribution in [1.29, 1.82) is 0 Å². The quantitative estimate of drug-likeness (QED) is 0.775. The van der Waals surface area contributed by atoms with Crippen molar-refractivity contribution in [2.75, 3.05) is 20.3 Å². The summed E-state index contributed by atoms with van der Waals surface area (Å²) in [7, 11) is 1.72. The average Bonchev–Trinajstić information content (AvgIpc) is 2.29. The lowest BCUT2D eigenvalue weighted by molar-refractivity contribution is 0.166. The smallest absolute Gasteiger partial charge is 0.0735 e. The molecule has 15 heavy (non-hydrogen) atoms. The van der Waals surface area contributed by atoms with Crippen LogP contribution in [0.15, 0.2) is 18.3 Å². The van der Waals surface area contributed by atoms with Gasteiger partial charge in [0.1, 0.15) is 0 Å².